The summed E-state index contributed by atoms with van der Waals surface area (Å²) in [6.45, 7) is -0.166. The van der Waals surface area contributed by atoms with Gasteiger partial charge in [0.2, 0.25) is 5.91 Å². The Hall–Kier alpha value is -4.63. The second-order valence-corrected chi connectivity index (χ2v) is 7.00. The molecule has 0 saturated carbocycles. The lowest BCUT2D eigenvalue weighted by Crippen LogP contribution is -2.32. The van der Waals surface area contributed by atoms with Gasteiger partial charge >= 0.3 is 0 Å². The first-order chi connectivity index (χ1) is 15.6. The molecule has 0 unspecified atom stereocenters. The number of benzene rings is 3. The highest BCUT2D eigenvalue weighted by Gasteiger charge is 2.12. The van der Waals surface area contributed by atoms with Gasteiger partial charge in [-0.1, -0.05) is 48.4 Å². The van der Waals surface area contributed by atoms with Crippen LogP contribution in [-0.4, -0.2) is 28.1 Å². The van der Waals surface area contributed by atoms with Gasteiger partial charge in [0, 0.05) is 22.4 Å². The molecule has 0 fully saturated rings. The van der Waals surface area contributed by atoms with E-state index in [4.69, 9.17) is 6.42 Å². The zero-order valence-electron chi connectivity index (χ0n) is 17.2. The van der Waals surface area contributed by atoms with Crippen molar-refractivity contribution < 1.29 is 9.59 Å². The average Bonchev–Trinajstić information content (AvgIpc) is 3.33. The molecule has 3 aromatic carbocycles. The van der Waals surface area contributed by atoms with Gasteiger partial charge in [-0.2, -0.15) is 5.10 Å². The fraction of sp³-hybridized carbons (Fsp3) is 0.0385. The van der Waals surface area contributed by atoms with Crippen LogP contribution >= 0.6 is 0 Å². The SMILES string of the molecule is C#Cc1cccc(NC(=O)CNC(=O)c2cccc(-n3nccc3-c3ccccc3)c2)c1. The van der Waals surface area contributed by atoms with Crippen molar-refractivity contribution in [2.24, 2.45) is 0 Å². The maximum Gasteiger partial charge on any atom is 0.251 e. The van der Waals surface area contributed by atoms with Crippen LogP contribution in [0.3, 0.4) is 0 Å². The van der Waals surface area contributed by atoms with Crippen LogP contribution in [0.2, 0.25) is 0 Å². The Morgan fingerprint density at radius 1 is 0.938 bits per heavy atom. The predicted molar refractivity (Wildman–Crippen MR) is 124 cm³/mol. The van der Waals surface area contributed by atoms with E-state index in [2.05, 4.69) is 21.7 Å². The third kappa shape index (κ3) is 4.74. The van der Waals surface area contributed by atoms with Crippen LogP contribution in [0.15, 0.2) is 91.1 Å². The lowest BCUT2D eigenvalue weighted by atomic mass is 10.1. The van der Waals surface area contributed by atoms with Crippen molar-refractivity contribution in [3.05, 3.63) is 102 Å². The lowest BCUT2D eigenvalue weighted by Gasteiger charge is -2.10. The van der Waals surface area contributed by atoms with E-state index in [0.29, 0.717) is 16.8 Å². The Balaban J connectivity index is 1.44. The third-order valence-corrected chi connectivity index (χ3v) is 4.79. The van der Waals surface area contributed by atoms with E-state index in [-0.39, 0.29) is 18.4 Å². The van der Waals surface area contributed by atoms with E-state index in [1.54, 1.807) is 53.3 Å². The molecule has 2 amide bonds. The first-order valence-electron chi connectivity index (χ1n) is 9.98. The first-order valence-corrected chi connectivity index (χ1v) is 9.98. The molecule has 156 valence electrons. The molecule has 0 aliphatic carbocycles. The van der Waals surface area contributed by atoms with E-state index in [0.717, 1.165) is 16.9 Å². The molecular weight excluding hydrogens is 400 g/mol. The van der Waals surface area contributed by atoms with E-state index >= 15 is 0 Å². The topological polar surface area (TPSA) is 76.0 Å². The molecule has 0 radical (unpaired) electrons. The molecule has 0 aliphatic heterocycles. The molecule has 2 N–H and O–H groups in total. The lowest BCUT2D eigenvalue weighted by molar-refractivity contribution is -0.115. The summed E-state index contributed by atoms with van der Waals surface area (Å²) >= 11 is 0. The molecule has 4 aromatic rings. The van der Waals surface area contributed by atoms with Gasteiger partial charge in [0.1, 0.15) is 0 Å². The number of rotatable bonds is 6. The molecule has 0 atom stereocenters. The fourth-order valence-corrected chi connectivity index (χ4v) is 3.27. The molecule has 0 saturated heterocycles. The number of hydrogen-bond acceptors (Lipinski definition) is 3. The number of aromatic nitrogens is 2. The van der Waals surface area contributed by atoms with Crippen LogP contribution in [0.4, 0.5) is 5.69 Å². The Morgan fingerprint density at radius 2 is 1.75 bits per heavy atom. The van der Waals surface area contributed by atoms with Crippen LogP contribution in [0.25, 0.3) is 16.9 Å². The van der Waals surface area contributed by atoms with E-state index < -0.39 is 0 Å². The van der Waals surface area contributed by atoms with Gasteiger partial charge in [-0.15, -0.1) is 6.42 Å². The van der Waals surface area contributed by atoms with E-state index in [1.807, 2.05) is 42.5 Å². The van der Waals surface area contributed by atoms with Gasteiger partial charge < -0.3 is 10.6 Å². The second kappa shape index (κ2) is 9.45. The minimum absolute atomic E-state index is 0.166. The minimum atomic E-state index is -0.354. The summed E-state index contributed by atoms with van der Waals surface area (Å²) in [5, 5.41) is 9.77. The molecule has 1 heterocycles. The number of amides is 2. The van der Waals surface area contributed by atoms with Gasteiger partial charge in [0.05, 0.1) is 24.1 Å². The highest BCUT2D eigenvalue weighted by atomic mass is 16.2. The summed E-state index contributed by atoms with van der Waals surface area (Å²) in [6, 6.07) is 25.9. The van der Waals surface area contributed by atoms with Crippen LogP contribution in [0, 0.1) is 12.3 Å². The summed E-state index contributed by atoms with van der Waals surface area (Å²) in [6.07, 6.45) is 7.09. The molecule has 0 aliphatic rings. The van der Waals surface area contributed by atoms with Crippen LogP contribution in [0.5, 0.6) is 0 Å². The van der Waals surface area contributed by atoms with Crippen molar-refractivity contribution in [3.63, 3.8) is 0 Å². The van der Waals surface area contributed by atoms with E-state index in [9.17, 15) is 9.59 Å². The summed E-state index contributed by atoms with van der Waals surface area (Å²) in [7, 11) is 0. The zero-order chi connectivity index (χ0) is 22.3. The number of anilines is 1. The number of nitrogens with one attached hydrogen (secondary N) is 2. The summed E-state index contributed by atoms with van der Waals surface area (Å²) < 4.78 is 1.78. The number of carbonyl (C=O) groups is 2. The zero-order valence-corrected chi connectivity index (χ0v) is 17.2. The van der Waals surface area contributed by atoms with Gasteiger partial charge in [-0.05, 0) is 42.5 Å². The molecular formula is C26H20N4O2. The largest absolute Gasteiger partial charge is 0.343 e. The van der Waals surface area contributed by atoms with Crippen molar-refractivity contribution in [3.8, 4) is 29.3 Å². The monoisotopic (exact) mass is 420 g/mol. The number of hydrogen-bond donors (Lipinski definition) is 2. The summed E-state index contributed by atoms with van der Waals surface area (Å²) in [5.74, 6) is 1.82. The van der Waals surface area contributed by atoms with Gasteiger partial charge in [-0.25, -0.2) is 4.68 Å². The first kappa shape index (κ1) is 20.6. The fourth-order valence-electron chi connectivity index (χ4n) is 3.27. The number of carbonyl (C=O) groups excluding carboxylic acids is 2. The molecule has 6 nitrogen and oxygen atoms in total. The molecule has 0 bridgehead atoms. The molecule has 0 spiro atoms. The van der Waals surface area contributed by atoms with Crippen molar-refractivity contribution in [2.45, 2.75) is 0 Å². The third-order valence-electron chi connectivity index (χ3n) is 4.79. The maximum absolute atomic E-state index is 12.6. The molecule has 4 rings (SSSR count). The smallest absolute Gasteiger partial charge is 0.251 e. The highest BCUT2D eigenvalue weighted by Crippen LogP contribution is 2.22. The van der Waals surface area contributed by atoms with Crippen LogP contribution < -0.4 is 10.6 Å². The normalized spacial score (nSPS) is 10.2. The standard InChI is InChI=1S/C26H20N4O2/c1-2-19-8-6-12-22(16-19)29-25(31)18-27-26(32)21-11-7-13-23(17-21)30-24(14-15-28-30)20-9-4-3-5-10-20/h1,3-17H,18H2,(H,27,32)(H,29,31). The molecule has 1 aromatic heterocycles. The quantitative estimate of drug-likeness (QED) is 0.465. The molecule has 32 heavy (non-hydrogen) atoms. The Bertz CT molecular complexity index is 1300. The van der Waals surface area contributed by atoms with Crippen molar-refractivity contribution >= 4 is 17.5 Å². The van der Waals surface area contributed by atoms with Crippen molar-refractivity contribution in [2.75, 3.05) is 11.9 Å². The van der Waals surface area contributed by atoms with Crippen LogP contribution in [-0.2, 0) is 4.79 Å². The Morgan fingerprint density at radius 3 is 2.56 bits per heavy atom. The number of nitrogens with zero attached hydrogens (tertiary/aromatic N) is 2. The average molecular weight is 420 g/mol. The summed E-state index contributed by atoms with van der Waals surface area (Å²) in [4.78, 5) is 24.8. The Kier molecular flexibility index (Phi) is 6.10. The minimum Gasteiger partial charge on any atom is -0.343 e. The predicted octanol–water partition coefficient (Wildman–Crippen LogP) is 3.89. The van der Waals surface area contributed by atoms with Gasteiger partial charge in [0.25, 0.3) is 5.91 Å². The Labute approximate surface area is 185 Å². The molecule has 6 heteroatoms. The maximum atomic E-state index is 12.6. The highest BCUT2D eigenvalue weighted by molar-refractivity contribution is 5.99. The second-order valence-electron chi connectivity index (χ2n) is 7.00. The van der Waals surface area contributed by atoms with Gasteiger partial charge in [0.15, 0.2) is 0 Å². The van der Waals surface area contributed by atoms with Crippen LogP contribution in [0.1, 0.15) is 15.9 Å². The summed E-state index contributed by atoms with van der Waals surface area (Å²) in [5.41, 5.74) is 4.35. The number of terminal acetylenes is 1. The van der Waals surface area contributed by atoms with E-state index in [1.165, 1.54) is 0 Å². The van der Waals surface area contributed by atoms with Gasteiger partial charge in [-0.3, -0.25) is 9.59 Å². The van der Waals surface area contributed by atoms with Crippen molar-refractivity contribution in [1.29, 1.82) is 0 Å². The van der Waals surface area contributed by atoms with Crippen molar-refractivity contribution in [1.82, 2.24) is 15.1 Å².